The van der Waals surface area contributed by atoms with Crippen molar-refractivity contribution < 1.29 is 39.7 Å². The SMILES string of the molecule is CC(C)[Si]1(C(C)C)OC[C@H]2O[C@@H](c3c(F)c(F)c(F)c(F)c3F)C[C@@H]2O[Si](C(C)C)(C(C)C)O1. The van der Waals surface area contributed by atoms with Gasteiger partial charge < -0.3 is 17.7 Å². The molecule has 0 spiro atoms. The van der Waals surface area contributed by atoms with E-state index in [1.54, 1.807) is 0 Å². The summed E-state index contributed by atoms with van der Waals surface area (Å²) in [5.74, 6) is -9.91. The van der Waals surface area contributed by atoms with Crippen molar-refractivity contribution in [2.75, 3.05) is 6.61 Å². The minimum Gasteiger partial charge on any atom is -0.414 e. The number of halogens is 5. The third-order valence-electron chi connectivity index (χ3n) is 7.11. The Bertz CT molecular complexity index is 867. The van der Waals surface area contributed by atoms with Gasteiger partial charge in [0.2, 0.25) is 5.82 Å². The van der Waals surface area contributed by atoms with E-state index in [1.807, 2.05) is 27.7 Å². The van der Waals surface area contributed by atoms with Crippen molar-refractivity contribution in [3.8, 4) is 0 Å². The predicted molar refractivity (Wildman–Crippen MR) is 122 cm³/mol. The minimum atomic E-state index is -2.99. The van der Waals surface area contributed by atoms with Crippen LogP contribution in [0.4, 0.5) is 22.0 Å². The molecule has 4 nitrogen and oxygen atoms in total. The predicted octanol–water partition coefficient (Wildman–Crippen LogP) is 7.17. The number of ether oxygens (including phenoxy) is 1. The molecule has 2 aliphatic heterocycles. The van der Waals surface area contributed by atoms with E-state index in [-0.39, 0.29) is 35.2 Å². The number of benzene rings is 1. The van der Waals surface area contributed by atoms with Gasteiger partial charge in [0.05, 0.1) is 24.4 Å². The molecule has 2 saturated heterocycles. The summed E-state index contributed by atoms with van der Waals surface area (Å²) in [7, 11) is -5.84. The zero-order valence-electron chi connectivity index (χ0n) is 21.0. The highest BCUT2D eigenvalue weighted by Crippen LogP contribution is 2.49. The van der Waals surface area contributed by atoms with E-state index in [0.717, 1.165) is 0 Å². The molecule has 2 aliphatic rings. The second kappa shape index (κ2) is 9.89. The molecule has 0 saturated carbocycles. The number of hydrogen-bond donors (Lipinski definition) is 0. The van der Waals surface area contributed by atoms with E-state index in [2.05, 4.69) is 27.7 Å². The van der Waals surface area contributed by atoms with Crippen LogP contribution in [0.25, 0.3) is 0 Å². The number of fused-ring (bicyclic) bond motifs is 1. The summed E-state index contributed by atoms with van der Waals surface area (Å²) in [5, 5.41) is 0. The quantitative estimate of drug-likeness (QED) is 0.176. The number of hydrogen-bond acceptors (Lipinski definition) is 4. The Balaban J connectivity index is 2.08. The van der Waals surface area contributed by atoms with Crippen LogP contribution in [0.1, 0.15) is 73.5 Å². The van der Waals surface area contributed by atoms with Gasteiger partial charge in [-0.25, -0.2) is 22.0 Å². The van der Waals surface area contributed by atoms with Gasteiger partial charge in [-0.1, -0.05) is 55.4 Å². The lowest BCUT2D eigenvalue weighted by molar-refractivity contribution is -0.0400. The van der Waals surface area contributed by atoms with Crippen LogP contribution >= 0.6 is 0 Å². The Hall–Kier alpha value is -0.856. The first kappa shape index (κ1) is 27.7. The fourth-order valence-corrected chi connectivity index (χ4v) is 16.5. The van der Waals surface area contributed by atoms with E-state index in [9.17, 15) is 22.0 Å². The van der Waals surface area contributed by atoms with Gasteiger partial charge in [0, 0.05) is 6.42 Å². The first-order chi connectivity index (χ1) is 15.7. The summed E-state index contributed by atoms with van der Waals surface area (Å²) < 4.78 is 96.7. The largest absolute Gasteiger partial charge is 0.414 e. The van der Waals surface area contributed by atoms with E-state index in [4.69, 9.17) is 17.7 Å². The first-order valence-electron chi connectivity index (χ1n) is 11.9. The van der Waals surface area contributed by atoms with Crippen LogP contribution in [-0.4, -0.2) is 35.9 Å². The molecule has 194 valence electrons. The van der Waals surface area contributed by atoms with Crippen LogP contribution in [0.15, 0.2) is 0 Å². The molecule has 0 radical (unpaired) electrons. The van der Waals surface area contributed by atoms with Crippen LogP contribution in [0.2, 0.25) is 22.2 Å². The Labute approximate surface area is 200 Å². The monoisotopic (exact) mass is 526 g/mol. The van der Waals surface area contributed by atoms with Gasteiger partial charge in [-0.2, -0.15) is 0 Å². The van der Waals surface area contributed by atoms with Crippen molar-refractivity contribution in [1.29, 1.82) is 0 Å². The highest BCUT2D eigenvalue weighted by molar-refractivity contribution is 6.83. The fraction of sp³-hybridized carbons (Fsp3) is 0.739. The lowest BCUT2D eigenvalue weighted by Crippen LogP contribution is -2.65. The van der Waals surface area contributed by atoms with Crippen LogP contribution in [0.5, 0.6) is 0 Å². The standard InChI is InChI=1S/C23H35F5O4Si2/c1-11(2)33(12(3)4)29-10-17-15(31-34(32-33,13(5)6)14(7)8)9-16(30-17)18-19(24)21(26)23(28)22(27)20(18)25/h11-17H,9-10H2,1-8H3/t15-,16+,17+/m0/s1. The van der Waals surface area contributed by atoms with E-state index in [1.165, 1.54) is 0 Å². The van der Waals surface area contributed by atoms with Crippen molar-refractivity contribution in [3.05, 3.63) is 34.6 Å². The molecular formula is C23H35F5O4Si2. The highest BCUT2D eigenvalue weighted by atomic mass is 28.5. The Kier molecular flexibility index (Phi) is 8.07. The molecule has 0 unspecified atom stereocenters. The zero-order chi connectivity index (χ0) is 25.7. The van der Waals surface area contributed by atoms with Crippen molar-refractivity contribution >= 4 is 17.1 Å². The molecule has 2 fully saturated rings. The van der Waals surface area contributed by atoms with Crippen molar-refractivity contribution in [2.45, 2.75) is 102 Å². The van der Waals surface area contributed by atoms with Gasteiger partial charge in [0.25, 0.3) is 0 Å². The summed E-state index contributed by atoms with van der Waals surface area (Å²) in [6.45, 7) is 16.4. The molecule has 2 heterocycles. The third-order valence-corrected chi connectivity index (χ3v) is 17.4. The molecule has 1 aromatic carbocycles. The van der Waals surface area contributed by atoms with E-state index in [0.29, 0.717) is 0 Å². The highest BCUT2D eigenvalue weighted by Gasteiger charge is 2.60. The summed E-state index contributed by atoms with van der Waals surface area (Å²) in [5.41, 5.74) is -0.751. The van der Waals surface area contributed by atoms with Gasteiger partial charge in [-0.3, -0.25) is 0 Å². The first-order valence-corrected chi connectivity index (χ1v) is 15.8. The lowest BCUT2D eigenvalue weighted by Gasteiger charge is -2.51. The van der Waals surface area contributed by atoms with E-state index < -0.39 is 70.1 Å². The molecule has 1 aromatic rings. The molecule has 0 bridgehead atoms. The molecule has 3 rings (SSSR count). The lowest BCUT2D eigenvalue weighted by atomic mass is 10.0. The molecule has 3 atom stereocenters. The summed E-state index contributed by atoms with van der Waals surface area (Å²) in [6, 6.07) is 0. The van der Waals surface area contributed by atoms with Gasteiger partial charge in [0.15, 0.2) is 23.3 Å². The van der Waals surface area contributed by atoms with Gasteiger partial charge >= 0.3 is 17.1 Å². The zero-order valence-corrected chi connectivity index (χ0v) is 23.0. The second-order valence-corrected chi connectivity index (χ2v) is 19.4. The molecule has 11 heteroatoms. The van der Waals surface area contributed by atoms with Crippen molar-refractivity contribution in [2.24, 2.45) is 0 Å². The normalized spacial score (nSPS) is 26.9. The Morgan fingerprint density at radius 2 is 1.09 bits per heavy atom. The van der Waals surface area contributed by atoms with Crippen LogP contribution in [0.3, 0.4) is 0 Å². The van der Waals surface area contributed by atoms with Gasteiger partial charge in [-0.05, 0) is 22.2 Å². The Morgan fingerprint density at radius 1 is 0.647 bits per heavy atom. The molecule has 0 aliphatic carbocycles. The molecule has 0 aromatic heterocycles. The smallest absolute Gasteiger partial charge is 0.335 e. The average molecular weight is 527 g/mol. The van der Waals surface area contributed by atoms with Crippen LogP contribution < -0.4 is 0 Å². The van der Waals surface area contributed by atoms with E-state index >= 15 is 0 Å². The van der Waals surface area contributed by atoms with Crippen LogP contribution in [-0.2, 0) is 17.7 Å². The average Bonchev–Trinajstić information content (AvgIpc) is 3.11. The maximum atomic E-state index is 14.6. The summed E-state index contributed by atoms with van der Waals surface area (Å²) in [4.78, 5) is 0. The number of rotatable bonds is 5. The van der Waals surface area contributed by atoms with Crippen molar-refractivity contribution in [3.63, 3.8) is 0 Å². The van der Waals surface area contributed by atoms with Gasteiger partial charge in [0.1, 0.15) is 6.10 Å². The maximum absolute atomic E-state index is 14.6. The Morgan fingerprint density at radius 3 is 1.53 bits per heavy atom. The molecule has 0 N–H and O–H groups in total. The second-order valence-electron chi connectivity index (χ2n) is 10.5. The summed E-state index contributed by atoms with van der Waals surface area (Å²) >= 11 is 0. The third kappa shape index (κ3) is 4.41. The molecule has 34 heavy (non-hydrogen) atoms. The van der Waals surface area contributed by atoms with Crippen molar-refractivity contribution in [1.82, 2.24) is 0 Å². The molecular weight excluding hydrogens is 491 g/mol. The maximum Gasteiger partial charge on any atom is 0.335 e. The van der Waals surface area contributed by atoms with Crippen LogP contribution in [0, 0.1) is 29.1 Å². The molecule has 0 amide bonds. The topological polar surface area (TPSA) is 36.9 Å². The van der Waals surface area contributed by atoms with Gasteiger partial charge in [-0.15, -0.1) is 0 Å². The fourth-order valence-electron chi connectivity index (χ4n) is 5.24. The minimum absolute atomic E-state index is 0.0208. The summed E-state index contributed by atoms with van der Waals surface area (Å²) in [6.07, 6.45) is -2.82.